The first-order valence-electron chi connectivity index (χ1n) is 6.45. The molecular formula is C16H12ClNO3. The number of benzene rings is 2. The number of hydrogen-bond donors (Lipinski definition) is 0. The topological polar surface area (TPSA) is 46.6 Å². The lowest BCUT2D eigenvalue weighted by Crippen LogP contribution is -2.38. The van der Waals surface area contributed by atoms with E-state index in [0.717, 1.165) is 11.8 Å². The van der Waals surface area contributed by atoms with Crippen molar-refractivity contribution in [2.24, 2.45) is 0 Å². The van der Waals surface area contributed by atoms with Crippen molar-refractivity contribution < 1.29 is 14.3 Å². The molecule has 0 saturated heterocycles. The minimum Gasteiger partial charge on any atom is -0.482 e. The summed E-state index contributed by atoms with van der Waals surface area (Å²) in [5, 5.41) is 0.602. The SMILES string of the molecule is O=Cc1ccc2c(c1)N(Cc1ccccc1Cl)C(=O)CO2. The number of nitrogens with zero attached hydrogens (tertiary/aromatic N) is 1. The highest BCUT2D eigenvalue weighted by Crippen LogP contribution is 2.34. The fraction of sp³-hybridized carbons (Fsp3) is 0.125. The smallest absolute Gasteiger partial charge is 0.265 e. The van der Waals surface area contributed by atoms with E-state index in [1.54, 1.807) is 29.2 Å². The molecule has 0 unspecified atom stereocenters. The van der Waals surface area contributed by atoms with Crippen LogP contribution in [0.3, 0.4) is 0 Å². The van der Waals surface area contributed by atoms with Crippen LogP contribution in [0, 0.1) is 0 Å². The van der Waals surface area contributed by atoms with Crippen molar-refractivity contribution in [1.82, 2.24) is 0 Å². The third-order valence-corrected chi connectivity index (χ3v) is 3.72. The van der Waals surface area contributed by atoms with Gasteiger partial charge in [-0.2, -0.15) is 0 Å². The van der Waals surface area contributed by atoms with Gasteiger partial charge in [0, 0.05) is 10.6 Å². The predicted octanol–water partition coefficient (Wildman–Crippen LogP) is 3.08. The van der Waals surface area contributed by atoms with Crippen LogP contribution >= 0.6 is 11.6 Å². The Kier molecular flexibility index (Phi) is 3.62. The zero-order valence-electron chi connectivity index (χ0n) is 11.1. The van der Waals surface area contributed by atoms with Gasteiger partial charge in [-0.25, -0.2) is 0 Å². The number of carbonyl (C=O) groups excluding carboxylic acids is 2. The van der Waals surface area contributed by atoms with Gasteiger partial charge in [-0.3, -0.25) is 9.59 Å². The summed E-state index contributed by atoms with van der Waals surface area (Å²) >= 11 is 6.15. The lowest BCUT2D eigenvalue weighted by Gasteiger charge is -2.29. The number of amides is 1. The summed E-state index contributed by atoms with van der Waals surface area (Å²) in [6.45, 7) is 0.328. The van der Waals surface area contributed by atoms with E-state index in [4.69, 9.17) is 16.3 Å². The number of anilines is 1. The molecule has 2 aromatic carbocycles. The molecule has 0 aromatic heterocycles. The van der Waals surface area contributed by atoms with Crippen LogP contribution in [0.15, 0.2) is 42.5 Å². The number of carbonyl (C=O) groups is 2. The van der Waals surface area contributed by atoms with Crippen molar-refractivity contribution in [1.29, 1.82) is 0 Å². The number of hydrogen-bond acceptors (Lipinski definition) is 3. The molecule has 106 valence electrons. The largest absolute Gasteiger partial charge is 0.482 e. The third-order valence-electron chi connectivity index (χ3n) is 3.35. The normalized spacial score (nSPS) is 13.6. The highest BCUT2D eigenvalue weighted by molar-refractivity contribution is 6.31. The van der Waals surface area contributed by atoms with Crippen LogP contribution < -0.4 is 9.64 Å². The number of fused-ring (bicyclic) bond motifs is 1. The van der Waals surface area contributed by atoms with Gasteiger partial charge in [-0.1, -0.05) is 29.8 Å². The van der Waals surface area contributed by atoms with Crippen LogP contribution in [0.5, 0.6) is 5.75 Å². The maximum absolute atomic E-state index is 12.1. The summed E-state index contributed by atoms with van der Waals surface area (Å²) in [6, 6.07) is 12.4. The highest BCUT2D eigenvalue weighted by atomic mass is 35.5. The molecule has 2 aromatic rings. The number of rotatable bonds is 3. The molecule has 0 aliphatic carbocycles. The van der Waals surface area contributed by atoms with Gasteiger partial charge in [0.2, 0.25) is 0 Å². The second-order valence-electron chi connectivity index (χ2n) is 4.70. The monoisotopic (exact) mass is 301 g/mol. The molecule has 3 rings (SSSR count). The van der Waals surface area contributed by atoms with Gasteiger partial charge in [-0.05, 0) is 29.8 Å². The summed E-state index contributed by atoms with van der Waals surface area (Å²) in [7, 11) is 0. The van der Waals surface area contributed by atoms with Crippen LogP contribution in [0.2, 0.25) is 5.02 Å². The maximum atomic E-state index is 12.1. The third kappa shape index (κ3) is 2.62. The first-order valence-corrected chi connectivity index (χ1v) is 6.82. The first kappa shape index (κ1) is 13.6. The molecule has 21 heavy (non-hydrogen) atoms. The highest BCUT2D eigenvalue weighted by Gasteiger charge is 2.26. The van der Waals surface area contributed by atoms with Gasteiger partial charge in [0.15, 0.2) is 6.61 Å². The minimum atomic E-state index is -0.162. The molecule has 0 fully saturated rings. The van der Waals surface area contributed by atoms with E-state index >= 15 is 0 Å². The predicted molar refractivity (Wildman–Crippen MR) is 80.0 cm³/mol. The first-order chi connectivity index (χ1) is 10.2. The summed E-state index contributed by atoms with van der Waals surface area (Å²) in [5.74, 6) is 0.428. The Morgan fingerprint density at radius 1 is 1.24 bits per heavy atom. The van der Waals surface area contributed by atoms with E-state index in [-0.39, 0.29) is 12.5 Å². The van der Waals surface area contributed by atoms with Gasteiger partial charge in [-0.15, -0.1) is 0 Å². The van der Waals surface area contributed by atoms with E-state index in [9.17, 15) is 9.59 Å². The number of ether oxygens (including phenoxy) is 1. The molecule has 0 N–H and O–H groups in total. The van der Waals surface area contributed by atoms with Gasteiger partial charge in [0.1, 0.15) is 12.0 Å². The Morgan fingerprint density at radius 3 is 2.81 bits per heavy atom. The van der Waals surface area contributed by atoms with Crippen LogP contribution in [0.25, 0.3) is 0 Å². The van der Waals surface area contributed by atoms with E-state index in [2.05, 4.69) is 0 Å². The number of halogens is 1. The van der Waals surface area contributed by atoms with E-state index in [1.165, 1.54) is 0 Å². The Bertz CT molecular complexity index is 714. The minimum absolute atomic E-state index is 0.0160. The van der Waals surface area contributed by atoms with Crippen LogP contribution in [0.1, 0.15) is 15.9 Å². The molecule has 1 amide bonds. The van der Waals surface area contributed by atoms with Crippen molar-refractivity contribution in [2.75, 3.05) is 11.5 Å². The fourth-order valence-electron chi connectivity index (χ4n) is 2.26. The summed E-state index contributed by atoms with van der Waals surface area (Å²) in [4.78, 5) is 24.7. The second-order valence-corrected chi connectivity index (χ2v) is 5.11. The molecule has 1 heterocycles. The zero-order valence-corrected chi connectivity index (χ0v) is 11.8. The molecule has 1 aliphatic rings. The molecule has 0 radical (unpaired) electrons. The van der Waals surface area contributed by atoms with Crippen LogP contribution in [-0.4, -0.2) is 18.8 Å². The molecule has 0 spiro atoms. The Balaban J connectivity index is 2.01. The van der Waals surface area contributed by atoms with Crippen molar-refractivity contribution in [2.45, 2.75) is 6.54 Å². The summed E-state index contributed by atoms with van der Waals surface area (Å²) in [5.41, 5.74) is 1.93. The quantitative estimate of drug-likeness (QED) is 0.819. The second kappa shape index (κ2) is 5.58. The van der Waals surface area contributed by atoms with Gasteiger partial charge < -0.3 is 9.64 Å². The van der Waals surface area contributed by atoms with Crippen molar-refractivity contribution in [3.8, 4) is 5.75 Å². The summed E-state index contributed by atoms with van der Waals surface area (Å²) in [6.07, 6.45) is 0.743. The molecule has 0 saturated carbocycles. The van der Waals surface area contributed by atoms with Gasteiger partial charge >= 0.3 is 0 Å². The maximum Gasteiger partial charge on any atom is 0.265 e. The van der Waals surface area contributed by atoms with Crippen molar-refractivity contribution >= 4 is 29.5 Å². The molecular weight excluding hydrogens is 290 g/mol. The van der Waals surface area contributed by atoms with Crippen LogP contribution in [-0.2, 0) is 11.3 Å². The van der Waals surface area contributed by atoms with E-state index < -0.39 is 0 Å². The molecule has 4 nitrogen and oxygen atoms in total. The lowest BCUT2D eigenvalue weighted by atomic mass is 10.1. The Labute approximate surface area is 126 Å². The van der Waals surface area contributed by atoms with Crippen LogP contribution in [0.4, 0.5) is 5.69 Å². The molecule has 0 atom stereocenters. The molecule has 1 aliphatic heterocycles. The molecule has 5 heteroatoms. The average molecular weight is 302 g/mol. The fourth-order valence-corrected chi connectivity index (χ4v) is 2.46. The van der Waals surface area contributed by atoms with Crippen molar-refractivity contribution in [3.63, 3.8) is 0 Å². The summed E-state index contributed by atoms with van der Waals surface area (Å²) < 4.78 is 5.39. The molecule has 0 bridgehead atoms. The zero-order chi connectivity index (χ0) is 14.8. The van der Waals surface area contributed by atoms with Crippen molar-refractivity contribution in [3.05, 3.63) is 58.6 Å². The van der Waals surface area contributed by atoms with E-state index in [1.807, 2.05) is 18.2 Å². The Morgan fingerprint density at radius 2 is 2.05 bits per heavy atom. The standard InChI is InChI=1S/C16H12ClNO3/c17-13-4-2-1-3-12(13)8-18-14-7-11(9-19)5-6-15(14)21-10-16(18)20/h1-7,9H,8,10H2. The van der Waals surface area contributed by atoms with E-state index in [0.29, 0.717) is 28.6 Å². The lowest BCUT2D eigenvalue weighted by molar-refractivity contribution is -0.121. The Hall–Kier alpha value is -2.33. The van der Waals surface area contributed by atoms with Gasteiger partial charge in [0.25, 0.3) is 5.91 Å². The average Bonchev–Trinajstić information content (AvgIpc) is 2.51. The number of aldehydes is 1. The van der Waals surface area contributed by atoms with Gasteiger partial charge in [0.05, 0.1) is 12.2 Å².